The Balaban J connectivity index is 2.02. The Bertz CT molecular complexity index is 1050. The zero-order chi connectivity index (χ0) is 26.9. The van der Waals surface area contributed by atoms with Gasteiger partial charge in [-0.2, -0.15) is 0 Å². The molecule has 0 bridgehead atoms. The van der Waals surface area contributed by atoms with E-state index in [0.717, 1.165) is 31.2 Å². The Morgan fingerprint density at radius 2 is 1.76 bits per heavy atom. The summed E-state index contributed by atoms with van der Waals surface area (Å²) in [5, 5.41) is 3.22. The highest BCUT2D eigenvalue weighted by Crippen LogP contribution is 2.34. The fourth-order valence-corrected chi connectivity index (χ4v) is 4.88. The number of rotatable bonds is 11. The van der Waals surface area contributed by atoms with E-state index in [0.29, 0.717) is 28.7 Å². The molecule has 1 fully saturated rings. The van der Waals surface area contributed by atoms with E-state index >= 15 is 0 Å². The van der Waals surface area contributed by atoms with E-state index in [4.69, 9.17) is 25.8 Å². The van der Waals surface area contributed by atoms with Gasteiger partial charge in [0.25, 0.3) is 0 Å². The Morgan fingerprint density at radius 1 is 1.03 bits per heavy atom. The van der Waals surface area contributed by atoms with Crippen LogP contribution in [-0.4, -0.2) is 49.0 Å². The molecule has 3 rings (SSSR count). The number of nitrogens with one attached hydrogen (secondary N) is 1. The third kappa shape index (κ3) is 7.78. The molecule has 0 heterocycles. The van der Waals surface area contributed by atoms with Gasteiger partial charge < -0.3 is 24.4 Å². The molecule has 0 radical (unpaired) electrons. The second kappa shape index (κ2) is 13.6. The van der Waals surface area contributed by atoms with Crippen molar-refractivity contribution in [3.63, 3.8) is 0 Å². The molecule has 37 heavy (non-hydrogen) atoms. The van der Waals surface area contributed by atoms with Crippen LogP contribution in [0.4, 0.5) is 0 Å². The van der Waals surface area contributed by atoms with Crippen LogP contribution in [0.2, 0.25) is 0 Å². The lowest BCUT2D eigenvalue weighted by Crippen LogP contribution is -2.47. The molecule has 2 aromatic rings. The first-order chi connectivity index (χ1) is 17.7. The number of amides is 2. The van der Waals surface area contributed by atoms with Gasteiger partial charge in [-0.05, 0) is 80.8 Å². The van der Waals surface area contributed by atoms with Crippen molar-refractivity contribution in [2.24, 2.45) is 5.92 Å². The fourth-order valence-electron chi connectivity index (χ4n) is 4.73. The van der Waals surface area contributed by atoms with Gasteiger partial charge >= 0.3 is 0 Å². The van der Waals surface area contributed by atoms with Crippen LogP contribution in [-0.2, 0) is 16.1 Å². The summed E-state index contributed by atoms with van der Waals surface area (Å²) in [6.07, 6.45) is 3.93. The summed E-state index contributed by atoms with van der Waals surface area (Å²) in [6.45, 7) is 6.30. The number of carbonyl (C=O) groups excluding carboxylic acids is 2. The van der Waals surface area contributed by atoms with E-state index < -0.39 is 6.04 Å². The molecule has 0 aromatic heterocycles. The van der Waals surface area contributed by atoms with Crippen molar-refractivity contribution in [2.45, 2.75) is 71.2 Å². The predicted molar refractivity (Wildman–Crippen MR) is 145 cm³/mol. The van der Waals surface area contributed by atoms with Crippen molar-refractivity contribution in [2.75, 3.05) is 20.1 Å². The van der Waals surface area contributed by atoms with E-state index in [1.165, 1.54) is 4.90 Å². The van der Waals surface area contributed by atoms with Crippen molar-refractivity contribution in [1.29, 1.82) is 0 Å². The van der Waals surface area contributed by atoms with Crippen LogP contribution in [0.5, 0.6) is 17.2 Å². The molecular weight excluding hydrogens is 492 g/mol. The van der Waals surface area contributed by atoms with Gasteiger partial charge in [-0.25, -0.2) is 0 Å². The maximum atomic E-state index is 13.9. The summed E-state index contributed by atoms with van der Waals surface area (Å²) < 4.78 is 16.8. The first-order valence-electron chi connectivity index (χ1n) is 12.9. The number of benzene rings is 2. The molecule has 2 amide bonds. The fraction of sp³-hybridized carbons (Fsp3) is 0.517. The zero-order valence-electron chi connectivity index (χ0n) is 22.5. The number of ether oxygens (including phenoxy) is 3. The number of hydrogen-bond acceptors (Lipinski definition) is 5. The minimum absolute atomic E-state index is 0.0464. The Labute approximate surface area is 225 Å². The Hall–Kier alpha value is -2.93. The molecule has 7 nitrogen and oxygen atoms in total. The molecule has 0 aliphatic heterocycles. The van der Waals surface area contributed by atoms with Gasteiger partial charge in [0.1, 0.15) is 17.7 Å². The lowest BCUT2D eigenvalue weighted by atomic mass is 9.87. The molecule has 1 N–H and O–H groups in total. The van der Waals surface area contributed by atoms with E-state index in [2.05, 4.69) is 12.2 Å². The molecule has 1 atom stereocenters. The molecule has 1 aliphatic carbocycles. The lowest BCUT2D eigenvalue weighted by Gasteiger charge is -2.34. The Kier molecular flexibility index (Phi) is 10.5. The average Bonchev–Trinajstić information content (AvgIpc) is 2.89. The summed E-state index contributed by atoms with van der Waals surface area (Å²) in [4.78, 5) is 28.6. The average molecular weight is 531 g/mol. The van der Waals surface area contributed by atoms with E-state index in [9.17, 15) is 9.59 Å². The minimum atomic E-state index is -0.904. The molecule has 1 saturated carbocycles. The maximum absolute atomic E-state index is 13.9. The quantitative estimate of drug-likeness (QED) is 0.388. The third-order valence-electron chi connectivity index (χ3n) is 6.71. The zero-order valence-corrected chi connectivity index (χ0v) is 23.2. The molecule has 1 unspecified atom stereocenters. The SMILES string of the molecule is COc1cccc(CN(C(=O)CCl)C(C(=O)NC2CCC(C)CC2)c2ccc(OC(C)C)c(OC)c2)c1. The van der Waals surface area contributed by atoms with Gasteiger partial charge in [0, 0.05) is 12.6 Å². The number of carbonyl (C=O) groups is 2. The van der Waals surface area contributed by atoms with Gasteiger partial charge in [-0.3, -0.25) is 9.59 Å². The van der Waals surface area contributed by atoms with E-state index in [1.54, 1.807) is 26.4 Å². The van der Waals surface area contributed by atoms with Crippen molar-refractivity contribution >= 4 is 23.4 Å². The highest BCUT2D eigenvalue weighted by atomic mass is 35.5. The molecular formula is C29H39ClN2O5. The lowest BCUT2D eigenvalue weighted by molar-refractivity contribution is -0.140. The second-order valence-corrected chi connectivity index (χ2v) is 10.2. The number of hydrogen-bond donors (Lipinski definition) is 1. The van der Waals surface area contributed by atoms with Crippen LogP contribution in [0.15, 0.2) is 42.5 Å². The molecule has 1 aliphatic rings. The van der Waals surface area contributed by atoms with Gasteiger partial charge in [0.05, 0.1) is 20.3 Å². The van der Waals surface area contributed by atoms with Crippen molar-refractivity contribution in [3.05, 3.63) is 53.6 Å². The second-order valence-electron chi connectivity index (χ2n) is 9.95. The molecule has 0 spiro atoms. The van der Waals surface area contributed by atoms with Crippen LogP contribution in [0.1, 0.15) is 63.6 Å². The summed E-state index contributed by atoms with van der Waals surface area (Å²) in [5.41, 5.74) is 1.45. The number of alkyl halides is 1. The van der Waals surface area contributed by atoms with Crippen molar-refractivity contribution in [1.82, 2.24) is 10.2 Å². The monoisotopic (exact) mass is 530 g/mol. The van der Waals surface area contributed by atoms with Crippen LogP contribution < -0.4 is 19.5 Å². The highest BCUT2D eigenvalue weighted by Gasteiger charge is 2.34. The standard InChI is InChI=1S/C29H39ClN2O5/c1-19(2)37-25-14-11-22(16-26(25)36-5)28(29(34)31-23-12-9-20(3)10-13-23)32(27(33)17-30)18-21-7-6-8-24(15-21)35-4/h6-8,11,14-16,19-20,23,28H,9-10,12-13,17-18H2,1-5H3,(H,31,34). The van der Waals surface area contributed by atoms with Crippen LogP contribution >= 0.6 is 11.6 Å². The normalized spacial score (nSPS) is 18.1. The summed E-state index contributed by atoms with van der Waals surface area (Å²) in [6, 6.07) is 12.0. The summed E-state index contributed by atoms with van der Waals surface area (Å²) in [7, 11) is 3.15. The molecule has 0 saturated heterocycles. The van der Waals surface area contributed by atoms with Gasteiger partial charge in [-0.1, -0.05) is 25.1 Å². The number of methoxy groups -OCH3 is 2. The van der Waals surface area contributed by atoms with E-state index in [-0.39, 0.29) is 36.4 Å². The summed E-state index contributed by atoms with van der Waals surface area (Å²) >= 11 is 6.06. The third-order valence-corrected chi connectivity index (χ3v) is 6.94. The smallest absolute Gasteiger partial charge is 0.247 e. The number of nitrogens with zero attached hydrogens (tertiary/aromatic N) is 1. The number of halogens is 1. The largest absolute Gasteiger partial charge is 0.497 e. The predicted octanol–water partition coefficient (Wildman–Crippen LogP) is 5.49. The van der Waals surface area contributed by atoms with Crippen LogP contribution in [0.3, 0.4) is 0 Å². The van der Waals surface area contributed by atoms with E-state index in [1.807, 2.05) is 44.2 Å². The first kappa shape index (κ1) is 28.6. The first-order valence-corrected chi connectivity index (χ1v) is 13.4. The molecule has 202 valence electrons. The maximum Gasteiger partial charge on any atom is 0.247 e. The minimum Gasteiger partial charge on any atom is -0.497 e. The van der Waals surface area contributed by atoms with Crippen molar-refractivity contribution < 1.29 is 23.8 Å². The van der Waals surface area contributed by atoms with Crippen molar-refractivity contribution in [3.8, 4) is 17.2 Å². The molecule has 2 aromatic carbocycles. The van der Waals surface area contributed by atoms with Gasteiger partial charge in [0.15, 0.2) is 11.5 Å². The topological polar surface area (TPSA) is 77.1 Å². The molecule has 8 heteroatoms. The van der Waals surface area contributed by atoms with Crippen LogP contribution in [0.25, 0.3) is 0 Å². The van der Waals surface area contributed by atoms with Gasteiger partial charge in [0.2, 0.25) is 11.8 Å². The Morgan fingerprint density at radius 3 is 2.38 bits per heavy atom. The van der Waals surface area contributed by atoms with Crippen LogP contribution in [0, 0.1) is 5.92 Å². The highest BCUT2D eigenvalue weighted by molar-refractivity contribution is 6.27. The summed E-state index contributed by atoms with van der Waals surface area (Å²) in [5.74, 6) is 1.57. The van der Waals surface area contributed by atoms with Gasteiger partial charge in [-0.15, -0.1) is 11.6 Å².